The summed E-state index contributed by atoms with van der Waals surface area (Å²) in [6, 6.07) is 5.99. The van der Waals surface area contributed by atoms with E-state index in [1.807, 2.05) is 33.2 Å². The van der Waals surface area contributed by atoms with Gasteiger partial charge < -0.3 is 16.0 Å². The Kier molecular flexibility index (Phi) is 3.30. The molecule has 0 atom stereocenters. The van der Waals surface area contributed by atoms with Crippen LogP contribution in [-0.4, -0.2) is 19.2 Å². The van der Waals surface area contributed by atoms with E-state index < -0.39 is 0 Å². The summed E-state index contributed by atoms with van der Waals surface area (Å²) in [4.78, 5) is 2.06. The lowest BCUT2D eigenvalue weighted by molar-refractivity contribution is 1.12. The Bertz CT molecular complexity index is 347. The monoisotopic (exact) mass is 209 g/mol. The molecule has 0 aromatic heterocycles. The molecule has 76 valence electrons. The van der Waals surface area contributed by atoms with Gasteiger partial charge in [-0.25, -0.2) is 0 Å². The number of rotatable bonds is 2. The van der Waals surface area contributed by atoms with Crippen LogP contribution in [0.15, 0.2) is 18.2 Å². The second kappa shape index (κ2) is 4.28. The van der Waals surface area contributed by atoms with E-state index in [2.05, 4.69) is 16.3 Å². The number of nitrogens with one attached hydrogen (secondary N) is 1. The minimum absolute atomic E-state index is 0.295. The molecule has 14 heavy (non-hydrogen) atoms. The Morgan fingerprint density at radius 3 is 2.57 bits per heavy atom. The van der Waals surface area contributed by atoms with Crippen LogP contribution in [0, 0.1) is 6.92 Å². The first-order valence-electron chi connectivity index (χ1n) is 4.35. The van der Waals surface area contributed by atoms with Gasteiger partial charge in [-0.15, -0.1) is 0 Å². The lowest BCUT2D eigenvalue weighted by atomic mass is 10.1. The van der Waals surface area contributed by atoms with Crippen molar-refractivity contribution >= 4 is 28.7 Å². The summed E-state index contributed by atoms with van der Waals surface area (Å²) in [6.45, 7) is 2.04. The van der Waals surface area contributed by atoms with E-state index in [1.165, 1.54) is 0 Å². The molecule has 0 saturated carbocycles. The smallest absolute Gasteiger partial charge is 0.168 e. The standard InChI is InChI=1S/C10H15N3S/c1-7-8(12-10(11)14)5-4-6-9(7)13(2)3/h4-6H,1-3H3,(H3,11,12,14). The Hall–Kier alpha value is -1.29. The number of hydrogen-bond donors (Lipinski definition) is 2. The maximum atomic E-state index is 5.43. The zero-order valence-corrected chi connectivity index (χ0v) is 9.48. The summed E-state index contributed by atoms with van der Waals surface area (Å²) in [5, 5.41) is 3.25. The fraction of sp³-hybridized carbons (Fsp3) is 0.300. The first kappa shape index (κ1) is 10.8. The van der Waals surface area contributed by atoms with Crippen LogP contribution in [-0.2, 0) is 0 Å². The van der Waals surface area contributed by atoms with Crippen molar-refractivity contribution < 1.29 is 0 Å². The molecule has 0 heterocycles. The van der Waals surface area contributed by atoms with Crippen molar-refractivity contribution in [3.63, 3.8) is 0 Å². The zero-order valence-electron chi connectivity index (χ0n) is 8.66. The van der Waals surface area contributed by atoms with Crippen molar-refractivity contribution in [1.82, 2.24) is 0 Å². The lowest BCUT2D eigenvalue weighted by Crippen LogP contribution is -2.20. The third kappa shape index (κ3) is 2.35. The Morgan fingerprint density at radius 1 is 1.43 bits per heavy atom. The summed E-state index contributed by atoms with van der Waals surface area (Å²) < 4.78 is 0. The summed E-state index contributed by atoms with van der Waals surface area (Å²) in [5.74, 6) is 0. The minimum atomic E-state index is 0.295. The van der Waals surface area contributed by atoms with Gasteiger partial charge in [-0.3, -0.25) is 0 Å². The highest BCUT2D eigenvalue weighted by Gasteiger charge is 2.04. The second-order valence-corrected chi connectivity index (χ2v) is 3.77. The minimum Gasteiger partial charge on any atom is -0.377 e. The van der Waals surface area contributed by atoms with Crippen LogP contribution in [0.5, 0.6) is 0 Å². The number of anilines is 2. The highest BCUT2D eigenvalue weighted by molar-refractivity contribution is 7.80. The van der Waals surface area contributed by atoms with E-state index in [9.17, 15) is 0 Å². The van der Waals surface area contributed by atoms with Crippen LogP contribution in [0.4, 0.5) is 11.4 Å². The van der Waals surface area contributed by atoms with Crippen molar-refractivity contribution in [3.05, 3.63) is 23.8 Å². The van der Waals surface area contributed by atoms with Gasteiger partial charge in [0.05, 0.1) is 0 Å². The molecule has 0 bridgehead atoms. The zero-order chi connectivity index (χ0) is 10.7. The highest BCUT2D eigenvalue weighted by atomic mass is 32.1. The van der Waals surface area contributed by atoms with Gasteiger partial charge in [-0.1, -0.05) is 6.07 Å². The number of hydrogen-bond acceptors (Lipinski definition) is 2. The molecule has 1 rings (SSSR count). The van der Waals surface area contributed by atoms with Crippen molar-refractivity contribution in [2.24, 2.45) is 5.73 Å². The molecule has 1 aromatic carbocycles. The van der Waals surface area contributed by atoms with E-state index in [0.29, 0.717) is 5.11 Å². The van der Waals surface area contributed by atoms with Gasteiger partial charge in [0.25, 0.3) is 0 Å². The lowest BCUT2D eigenvalue weighted by Gasteiger charge is -2.18. The molecule has 1 aromatic rings. The van der Waals surface area contributed by atoms with Crippen molar-refractivity contribution in [2.75, 3.05) is 24.3 Å². The second-order valence-electron chi connectivity index (χ2n) is 3.33. The van der Waals surface area contributed by atoms with Gasteiger partial charge >= 0.3 is 0 Å². The summed E-state index contributed by atoms with van der Waals surface area (Å²) in [6.07, 6.45) is 0. The molecule has 0 radical (unpaired) electrons. The molecular formula is C10H15N3S. The van der Waals surface area contributed by atoms with Crippen LogP contribution in [0.3, 0.4) is 0 Å². The molecule has 0 aliphatic carbocycles. The third-order valence-corrected chi connectivity index (χ3v) is 2.15. The maximum Gasteiger partial charge on any atom is 0.168 e. The number of nitrogens with zero attached hydrogens (tertiary/aromatic N) is 1. The number of nitrogens with two attached hydrogens (primary N) is 1. The fourth-order valence-corrected chi connectivity index (χ4v) is 1.49. The van der Waals surface area contributed by atoms with E-state index >= 15 is 0 Å². The molecule has 0 spiro atoms. The average Bonchev–Trinajstić information content (AvgIpc) is 2.07. The quantitative estimate of drug-likeness (QED) is 0.728. The molecule has 0 saturated heterocycles. The van der Waals surface area contributed by atoms with Crippen LogP contribution in [0.25, 0.3) is 0 Å². The van der Waals surface area contributed by atoms with Gasteiger partial charge in [-0.05, 0) is 36.8 Å². The van der Waals surface area contributed by atoms with Gasteiger partial charge in [-0.2, -0.15) is 0 Å². The molecule has 3 N–H and O–H groups in total. The van der Waals surface area contributed by atoms with E-state index in [0.717, 1.165) is 16.9 Å². The number of benzene rings is 1. The molecule has 0 aliphatic heterocycles. The van der Waals surface area contributed by atoms with Crippen molar-refractivity contribution in [2.45, 2.75) is 6.92 Å². The summed E-state index contributed by atoms with van der Waals surface area (Å²) in [5.41, 5.74) is 8.69. The van der Waals surface area contributed by atoms with E-state index in [-0.39, 0.29) is 0 Å². The molecule has 3 nitrogen and oxygen atoms in total. The normalized spacial score (nSPS) is 9.64. The molecule has 0 unspecified atom stereocenters. The first-order chi connectivity index (χ1) is 6.52. The van der Waals surface area contributed by atoms with Gasteiger partial charge in [0.2, 0.25) is 0 Å². The maximum absolute atomic E-state index is 5.43. The fourth-order valence-electron chi connectivity index (χ4n) is 1.38. The topological polar surface area (TPSA) is 41.3 Å². The third-order valence-electron chi connectivity index (χ3n) is 2.04. The van der Waals surface area contributed by atoms with Gasteiger partial charge in [0, 0.05) is 25.5 Å². The molecule has 0 fully saturated rings. The highest BCUT2D eigenvalue weighted by Crippen LogP contribution is 2.24. The van der Waals surface area contributed by atoms with E-state index in [4.69, 9.17) is 18.0 Å². The van der Waals surface area contributed by atoms with Gasteiger partial charge in [0.15, 0.2) is 5.11 Å². The molecule has 4 heteroatoms. The van der Waals surface area contributed by atoms with Crippen LogP contribution in [0.1, 0.15) is 5.56 Å². The Morgan fingerprint density at radius 2 is 2.07 bits per heavy atom. The predicted molar refractivity (Wildman–Crippen MR) is 65.9 cm³/mol. The number of thiocarbonyl (C=S) groups is 1. The SMILES string of the molecule is Cc1c(NC(N)=S)cccc1N(C)C. The predicted octanol–water partition coefficient (Wildman–Crippen LogP) is 1.72. The van der Waals surface area contributed by atoms with Gasteiger partial charge in [0.1, 0.15) is 0 Å². The molecular weight excluding hydrogens is 194 g/mol. The van der Waals surface area contributed by atoms with Crippen LogP contribution in [0.2, 0.25) is 0 Å². The molecule has 0 aliphatic rings. The molecule has 0 amide bonds. The van der Waals surface area contributed by atoms with Crippen LogP contribution < -0.4 is 16.0 Å². The average molecular weight is 209 g/mol. The summed E-state index contributed by atoms with van der Waals surface area (Å²) in [7, 11) is 4.01. The van der Waals surface area contributed by atoms with E-state index in [1.54, 1.807) is 0 Å². The summed E-state index contributed by atoms with van der Waals surface area (Å²) >= 11 is 4.80. The van der Waals surface area contributed by atoms with Crippen molar-refractivity contribution in [1.29, 1.82) is 0 Å². The van der Waals surface area contributed by atoms with Crippen molar-refractivity contribution in [3.8, 4) is 0 Å². The first-order valence-corrected chi connectivity index (χ1v) is 4.76. The Labute approximate surface area is 89.9 Å². The largest absolute Gasteiger partial charge is 0.377 e. The Balaban J connectivity index is 3.07. The van der Waals surface area contributed by atoms with Crippen LogP contribution >= 0.6 is 12.2 Å².